The summed E-state index contributed by atoms with van der Waals surface area (Å²) in [6, 6.07) is 7.22. The van der Waals surface area contributed by atoms with E-state index in [-0.39, 0.29) is 0 Å². The molecule has 0 radical (unpaired) electrons. The minimum Gasteiger partial charge on any atom is -0.454 e. The van der Waals surface area contributed by atoms with Crippen molar-refractivity contribution in [1.82, 2.24) is 0 Å². The maximum atomic E-state index is 11.2. The van der Waals surface area contributed by atoms with Gasteiger partial charge in [-0.05, 0) is 11.6 Å². The first-order valence-electron chi connectivity index (χ1n) is 6.07. The molecule has 0 N–H and O–H groups in total. The third kappa shape index (κ3) is 2.59. The summed E-state index contributed by atoms with van der Waals surface area (Å²) in [5.74, 6) is -1.13. The van der Waals surface area contributed by atoms with Gasteiger partial charge in [0.25, 0.3) is 0 Å². The fourth-order valence-corrected chi connectivity index (χ4v) is 1.86. The monoisotopic (exact) mass is 247 g/mol. The van der Waals surface area contributed by atoms with Crippen LogP contribution in [0.2, 0.25) is 0 Å². The van der Waals surface area contributed by atoms with Gasteiger partial charge in [0, 0.05) is 19.4 Å². The number of hydrogen-bond donors (Lipinski definition) is 0. The Hall–Kier alpha value is -2.10. The van der Waals surface area contributed by atoms with Gasteiger partial charge in [0.05, 0.1) is 1.37 Å². The number of hydrogen-bond acceptors (Lipinski definition) is 4. The van der Waals surface area contributed by atoms with E-state index in [9.17, 15) is 9.59 Å². The Labute approximate surface area is 107 Å². The highest BCUT2D eigenvalue weighted by Crippen LogP contribution is 2.32. The predicted octanol–water partition coefficient (Wildman–Crippen LogP) is 2.25. The number of benzene rings is 1. The highest BCUT2D eigenvalue weighted by Gasteiger charge is 2.30. The van der Waals surface area contributed by atoms with Crippen molar-refractivity contribution in [2.24, 2.45) is 0 Å². The van der Waals surface area contributed by atoms with E-state index in [1.807, 2.05) is 12.1 Å². The lowest BCUT2D eigenvalue weighted by Crippen LogP contribution is -2.28. The SMILES string of the molecule is [2H][C@]1(OC(C)=O)C=Cc2ccccc2[C@@H]1OC(C)=O. The summed E-state index contributed by atoms with van der Waals surface area (Å²) in [6.07, 6.45) is 0.414. The molecule has 1 aliphatic rings. The average molecular weight is 247 g/mol. The normalized spacial score (nSPS) is 25.9. The molecule has 1 aromatic carbocycles. The van der Waals surface area contributed by atoms with E-state index >= 15 is 0 Å². The molecule has 0 heterocycles. The second-order valence-electron chi connectivity index (χ2n) is 3.95. The van der Waals surface area contributed by atoms with Crippen LogP contribution in [-0.4, -0.2) is 18.0 Å². The van der Waals surface area contributed by atoms with Crippen LogP contribution >= 0.6 is 0 Å². The molecule has 0 bridgehead atoms. The third-order valence-corrected chi connectivity index (χ3v) is 2.51. The summed E-state index contributed by atoms with van der Waals surface area (Å²) in [5, 5.41) is 0. The number of rotatable bonds is 2. The molecular weight excluding hydrogens is 232 g/mol. The lowest BCUT2D eigenvalue weighted by atomic mass is 9.93. The summed E-state index contributed by atoms with van der Waals surface area (Å²) in [6.45, 7) is 2.48. The molecule has 0 fully saturated rings. The summed E-state index contributed by atoms with van der Waals surface area (Å²) < 4.78 is 18.4. The van der Waals surface area contributed by atoms with Crippen molar-refractivity contribution < 1.29 is 20.4 Å². The molecule has 0 spiro atoms. The van der Waals surface area contributed by atoms with Gasteiger partial charge >= 0.3 is 11.9 Å². The van der Waals surface area contributed by atoms with Crippen LogP contribution < -0.4 is 0 Å². The molecule has 1 aliphatic carbocycles. The second kappa shape index (κ2) is 5.04. The fourth-order valence-electron chi connectivity index (χ4n) is 1.86. The molecule has 0 amide bonds. The molecule has 0 saturated carbocycles. The van der Waals surface area contributed by atoms with Gasteiger partial charge in [-0.3, -0.25) is 9.59 Å². The van der Waals surface area contributed by atoms with Gasteiger partial charge < -0.3 is 9.47 Å². The van der Waals surface area contributed by atoms with Gasteiger partial charge in [-0.1, -0.05) is 30.3 Å². The molecule has 0 aromatic heterocycles. The van der Waals surface area contributed by atoms with E-state index in [0.717, 1.165) is 5.56 Å². The summed E-state index contributed by atoms with van der Waals surface area (Å²) in [7, 11) is 0. The third-order valence-electron chi connectivity index (χ3n) is 2.51. The number of carbonyl (C=O) groups excluding carboxylic acids is 2. The smallest absolute Gasteiger partial charge is 0.303 e. The van der Waals surface area contributed by atoms with E-state index in [2.05, 4.69) is 0 Å². The fraction of sp³-hybridized carbons (Fsp3) is 0.286. The second-order valence-corrected chi connectivity index (χ2v) is 3.95. The van der Waals surface area contributed by atoms with Crippen molar-refractivity contribution in [2.75, 3.05) is 0 Å². The summed E-state index contributed by atoms with van der Waals surface area (Å²) in [4.78, 5) is 22.4. The van der Waals surface area contributed by atoms with Gasteiger partial charge in [-0.25, -0.2) is 0 Å². The lowest BCUT2D eigenvalue weighted by molar-refractivity contribution is -0.162. The Morgan fingerprint density at radius 3 is 2.50 bits per heavy atom. The van der Waals surface area contributed by atoms with Crippen LogP contribution in [0.1, 0.15) is 32.4 Å². The Morgan fingerprint density at radius 1 is 1.17 bits per heavy atom. The van der Waals surface area contributed by atoms with Crippen molar-refractivity contribution in [3.63, 3.8) is 0 Å². The van der Waals surface area contributed by atoms with Gasteiger partial charge in [-0.15, -0.1) is 0 Å². The van der Waals surface area contributed by atoms with Gasteiger partial charge in [0.1, 0.15) is 0 Å². The lowest BCUT2D eigenvalue weighted by Gasteiger charge is -2.28. The van der Waals surface area contributed by atoms with Crippen LogP contribution in [0.4, 0.5) is 0 Å². The maximum Gasteiger partial charge on any atom is 0.303 e. The largest absolute Gasteiger partial charge is 0.454 e. The van der Waals surface area contributed by atoms with Crippen LogP contribution in [0.3, 0.4) is 0 Å². The molecule has 4 heteroatoms. The van der Waals surface area contributed by atoms with Crippen LogP contribution in [0.5, 0.6) is 0 Å². The zero-order valence-electron chi connectivity index (χ0n) is 11.2. The highest BCUT2D eigenvalue weighted by molar-refractivity contribution is 5.69. The van der Waals surface area contributed by atoms with Crippen LogP contribution in [-0.2, 0) is 19.1 Å². The molecule has 0 saturated heterocycles. The molecule has 2 atom stereocenters. The van der Waals surface area contributed by atoms with Gasteiger partial charge in [0.15, 0.2) is 12.2 Å². The van der Waals surface area contributed by atoms with Crippen LogP contribution in [0, 0.1) is 0 Å². The zero-order chi connectivity index (χ0) is 14.0. The van der Waals surface area contributed by atoms with Crippen molar-refractivity contribution in [3.05, 3.63) is 41.5 Å². The molecule has 2 rings (SSSR count). The minimum absolute atomic E-state index is 0.529. The highest BCUT2D eigenvalue weighted by atomic mass is 16.6. The standard InChI is InChI=1S/C14H14O4/c1-9(15)17-13-8-7-11-5-3-4-6-12(11)14(13)18-10(2)16/h3-8,13-14H,1-2H3/t13-,14-/m0/s1/i13D. The van der Waals surface area contributed by atoms with E-state index in [1.165, 1.54) is 19.9 Å². The summed E-state index contributed by atoms with van der Waals surface area (Å²) in [5.41, 5.74) is 1.49. The molecular formula is C14H14O4. The Balaban J connectivity index is 2.46. The molecule has 0 aliphatic heterocycles. The average Bonchev–Trinajstić information content (AvgIpc) is 2.32. The van der Waals surface area contributed by atoms with Crippen molar-refractivity contribution >= 4 is 18.0 Å². The molecule has 4 nitrogen and oxygen atoms in total. The van der Waals surface area contributed by atoms with E-state index in [4.69, 9.17) is 10.8 Å². The van der Waals surface area contributed by atoms with Gasteiger partial charge in [-0.2, -0.15) is 0 Å². The summed E-state index contributed by atoms with van der Waals surface area (Å²) >= 11 is 0. The van der Waals surface area contributed by atoms with E-state index in [1.54, 1.807) is 18.2 Å². The first-order valence-corrected chi connectivity index (χ1v) is 5.57. The van der Waals surface area contributed by atoms with Crippen LogP contribution in [0.15, 0.2) is 30.3 Å². The van der Waals surface area contributed by atoms with Crippen molar-refractivity contribution in [1.29, 1.82) is 0 Å². The topological polar surface area (TPSA) is 52.6 Å². The predicted molar refractivity (Wildman–Crippen MR) is 65.5 cm³/mol. The number of esters is 2. The zero-order valence-corrected chi connectivity index (χ0v) is 10.2. The quantitative estimate of drug-likeness (QED) is 0.752. The minimum atomic E-state index is -1.73. The van der Waals surface area contributed by atoms with Crippen molar-refractivity contribution in [2.45, 2.75) is 26.0 Å². The number of carbonyl (C=O) groups is 2. The van der Waals surface area contributed by atoms with Crippen molar-refractivity contribution in [3.8, 4) is 0 Å². The van der Waals surface area contributed by atoms with E-state index < -0.39 is 24.1 Å². The van der Waals surface area contributed by atoms with Gasteiger partial charge in [0.2, 0.25) is 0 Å². The van der Waals surface area contributed by atoms with Crippen LogP contribution in [0.25, 0.3) is 6.08 Å². The Morgan fingerprint density at radius 2 is 1.83 bits per heavy atom. The molecule has 0 unspecified atom stereocenters. The maximum absolute atomic E-state index is 11.2. The first-order chi connectivity index (χ1) is 8.92. The molecule has 94 valence electrons. The molecule has 1 aromatic rings. The number of fused-ring (bicyclic) bond motifs is 1. The van der Waals surface area contributed by atoms with E-state index in [0.29, 0.717) is 5.56 Å². The molecule has 18 heavy (non-hydrogen) atoms. The first kappa shape index (κ1) is 11.0. The Bertz CT molecular complexity index is 552. The number of ether oxygens (including phenoxy) is 2. The Kier molecular flexibility index (Phi) is 3.08.